The molecule has 1 N–H and O–H groups in total. The molecule has 0 saturated carbocycles. The van der Waals surface area contributed by atoms with Gasteiger partial charge in [0.2, 0.25) is 11.8 Å². The second-order valence-electron chi connectivity index (χ2n) is 9.80. The topological polar surface area (TPSA) is 86.8 Å². The highest BCUT2D eigenvalue weighted by molar-refractivity contribution is 7.92. The molecule has 0 heterocycles. The molecule has 0 aliphatic rings. The summed E-state index contributed by atoms with van der Waals surface area (Å²) in [4.78, 5) is 28.5. The first-order valence-corrected chi connectivity index (χ1v) is 14.7. The lowest BCUT2D eigenvalue weighted by molar-refractivity contribution is -0.139. The molecule has 0 radical (unpaired) electrons. The normalized spacial score (nSPS) is 12.9. The zero-order chi connectivity index (χ0) is 28.7. The molecule has 0 aliphatic heterocycles. The maximum absolute atomic E-state index is 13.9. The molecular weight excluding hydrogens is 534 g/mol. The molecule has 0 fully saturated rings. The monoisotopic (exact) mass is 569 g/mol. The number of nitrogens with one attached hydrogen (secondary N) is 1. The number of anilines is 1. The fourth-order valence-corrected chi connectivity index (χ4v) is 5.45. The highest BCUT2D eigenvalue weighted by Gasteiger charge is 2.32. The average Bonchev–Trinajstić information content (AvgIpc) is 2.91. The van der Waals surface area contributed by atoms with Gasteiger partial charge in [0.1, 0.15) is 12.6 Å². The summed E-state index contributed by atoms with van der Waals surface area (Å²) < 4.78 is 28.7. The maximum Gasteiger partial charge on any atom is 0.264 e. The van der Waals surface area contributed by atoms with Gasteiger partial charge in [-0.3, -0.25) is 13.9 Å². The Kier molecular flexibility index (Phi) is 10.2. The molecule has 0 aliphatic carbocycles. The number of benzene rings is 3. The summed E-state index contributed by atoms with van der Waals surface area (Å²) in [6, 6.07) is 19.5. The Hall–Kier alpha value is -3.36. The zero-order valence-electron chi connectivity index (χ0n) is 23.0. The number of hydrogen-bond acceptors (Lipinski definition) is 4. The molecule has 0 unspecified atom stereocenters. The number of sulfonamides is 1. The molecule has 3 rings (SSSR count). The van der Waals surface area contributed by atoms with Gasteiger partial charge < -0.3 is 10.2 Å². The third-order valence-electron chi connectivity index (χ3n) is 6.64. The highest BCUT2D eigenvalue weighted by Crippen LogP contribution is 2.26. The van der Waals surface area contributed by atoms with E-state index in [2.05, 4.69) is 5.32 Å². The van der Waals surface area contributed by atoms with Crippen LogP contribution in [0.15, 0.2) is 77.7 Å². The summed E-state index contributed by atoms with van der Waals surface area (Å²) >= 11 is 5.99. The van der Waals surface area contributed by atoms with Crippen molar-refractivity contribution >= 4 is 39.1 Å². The largest absolute Gasteiger partial charge is 0.352 e. The predicted octanol–water partition coefficient (Wildman–Crippen LogP) is 5.48. The van der Waals surface area contributed by atoms with E-state index in [1.165, 1.54) is 29.2 Å². The number of nitrogens with zero attached hydrogens (tertiary/aromatic N) is 2. The van der Waals surface area contributed by atoms with Gasteiger partial charge in [-0.15, -0.1) is 0 Å². The number of hydrogen-bond donors (Lipinski definition) is 1. The standard InChI is InChI=1S/C30H36ClN3O4S/c1-6-23(4)32-30(36)24(5)33(19-25-11-7-21(2)8-12-25)29(35)20-34(27-15-9-22(3)10-16-27)39(37,38)28-17-13-26(31)14-18-28/h7-18,23-24H,6,19-20H2,1-5H3,(H,32,36)/t23-,24+/m1/s1. The molecule has 0 bridgehead atoms. The van der Waals surface area contributed by atoms with Crippen molar-refractivity contribution in [1.82, 2.24) is 10.2 Å². The number of amides is 2. The summed E-state index contributed by atoms with van der Waals surface area (Å²) in [6.45, 7) is 9.05. The van der Waals surface area contributed by atoms with Gasteiger partial charge in [0.05, 0.1) is 10.6 Å². The Bertz CT molecular complexity index is 1380. The highest BCUT2D eigenvalue weighted by atomic mass is 35.5. The first-order chi connectivity index (χ1) is 18.4. The minimum Gasteiger partial charge on any atom is -0.352 e. The number of carbonyl (C=O) groups excluding carboxylic acids is 2. The van der Waals surface area contributed by atoms with Crippen LogP contribution in [0.25, 0.3) is 0 Å². The molecule has 39 heavy (non-hydrogen) atoms. The van der Waals surface area contributed by atoms with Crippen molar-refractivity contribution in [3.05, 3.63) is 94.5 Å². The van der Waals surface area contributed by atoms with Crippen LogP contribution < -0.4 is 9.62 Å². The maximum atomic E-state index is 13.9. The Labute approximate surface area is 236 Å². The first-order valence-electron chi connectivity index (χ1n) is 12.9. The van der Waals surface area contributed by atoms with E-state index in [0.717, 1.165) is 27.4 Å². The van der Waals surface area contributed by atoms with Crippen molar-refractivity contribution in [1.29, 1.82) is 0 Å². The molecular formula is C30H36ClN3O4S. The molecule has 7 nitrogen and oxygen atoms in total. The second kappa shape index (κ2) is 13.1. The number of halogens is 1. The number of carbonyl (C=O) groups is 2. The quantitative estimate of drug-likeness (QED) is 0.331. The Morgan fingerprint density at radius 1 is 0.872 bits per heavy atom. The smallest absolute Gasteiger partial charge is 0.264 e. The van der Waals surface area contributed by atoms with Gasteiger partial charge in [0.15, 0.2) is 0 Å². The average molecular weight is 570 g/mol. The van der Waals surface area contributed by atoms with Gasteiger partial charge in [-0.25, -0.2) is 8.42 Å². The van der Waals surface area contributed by atoms with Gasteiger partial charge in [-0.1, -0.05) is 66.0 Å². The van der Waals surface area contributed by atoms with E-state index in [-0.39, 0.29) is 23.4 Å². The lowest BCUT2D eigenvalue weighted by Crippen LogP contribution is -2.52. The lowest BCUT2D eigenvalue weighted by atomic mass is 10.1. The molecule has 9 heteroatoms. The van der Waals surface area contributed by atoms with Crippen molar-refractivity contribution in [3.8, 4) is 0 Å². The van der Waals surface area contributed by atoms with E-state index in [9.17, 15) is 18.0 Å². The molecule has 3 aromatic rings. The molecule has 0 saturated heterocycles. The third kappa shape index (κ3) is 7.83. The molecule has 3 aromatic carbocycles. The van der Waals surface area contributed by atoms with Crippen LogP contribution in [0.2, 0.25) is 5.02 Å². The van der Waals surface area contributed by atoms with Gasteiger partial charge >= 0.3 is 0 Å². The minimum absolute atomic E-state index is 0.00733. The van der Waals surface area contributed by atoms with Gasteiger partial charge in [-0.2, -0.15) is 0 Å². The van der Waals surface area contributed by atoms with Crippen LogP contribution in [-0.4, -0.2) is 43.8 Å². The van der Waals surface area contributed by atoms with Crippen LogP contribution in [0.5, 0.6) is 0 Å². The Balaban J connectivity index is 2.01. The molecule has 208 valence electrons. The van der Waals surface area contributed by atoms with Crippen LogP contribution in [-0.2, 0) is 26.2 Å². The van der Waals surface area contributed by atoms with E-state index in [0.29, 0.717) is 10.7 Å². The molecule has 2 atom stereocenters. The van der Waals surface area contributed by atoms with E-state index >= 15 is 0 Å². The van der Waals surface area contributed by atoms with E-state index in [4.69, 9.17) is 11.6 Å². The second-order valence-corrected chi connectivity index (χ2v) is 12.1. The van der Waals surface area contributed by atoms with Gasteiger partial charge in [0.25, 0.3) is 10.0 Å². The fraction of sp³-hybridized carbons (Fsp3) is 0.333. The minimum atomic E-state index is -4.13. The molecule has 0 aromatic heterocycles. The number of aryl methyl sites for hydroxylation is 2. The van der Waals surface area contributed by atoms with Crippen molar-refractivity contribution in [2.45, 2.75) is 64.6 Å². The van der Waals surface area contributed by atoms with Crippen LogP contribution in [0.1, 0.15) is 43.9 Å². The van der Waals surface area contributed by atoms with Gasteiger partial charge in [-0.05, 0) is 76.1 Å². The summed E-state index contributed by atoms with van der Waals surface area (Å²) in [6.07, 6.45) is 0.741. The van der Waals surface area contributed by atoms with Crippen LogP contribution >= 0.6 is 11.6 Å². The van der Waals surface area contributed by atoms with Crippen LogP contribution in [0.4, 0.5) is 5.69 Å². The molecule has 2 amide bonds. The van der Waals surface area contributed by atoms with E-state index in [1.807, 2.05) is 52.0 Å². The van der Waals surface area contributed by atoms with Crippen LogP contribution in [0, 0.1) is 13.8 Å². The summed E-state index contributed by atoms with van der Waals surface area (Å²) in [5.74, 6) is -0.798. The Morgan fingerprint density at radius 2 is 1.41 bits per heavy atom. The van der Waals surface area contributed by atoms with Crippen molar-refractivity contribution < 1.29 is 18.0 Å². The zero-order valence-corrected chi connectivity index (χ0v) is 24.6. The van der Waals surface area contributed by atoms with E-state index in [1.54, 1.807) is 31.2 Å². The van der Waals surface area contributed by atoms with E-state index < -0.39 is 28.5 Å². The van der Waals surface area contributed by atoms with Crippen molar-refractivity contribution in [2.75, 3.05) is 10.8 Å². The third-order valence-corrected chi connectivity index (χ3v) is 8.68. The van der Waals surface area contributed by atoms with Gasteiger partial charge in [0, 0.05) is 17.6 Å². The SMILES string of the molecule is CC[C@@H](C)NC(=O)[C@H](C)N(Cc1ccc(C)cc1)C(=O)CN(c1ccc(C)cc1)S(=O)(=O)c1ccc(Cl)cc1. The lowest BCUT2D eigenvalue weighted by Gasteiger charge is -2.32. The summed E-state index contributed by atoms with van der Waals surface area (Å²) in [5.41, 5.74) is 3.19. The first kappa shape index (κ1) is 30.2. The van der Waals surface area contributed by atoms with Crippen molar-refractivity contribution in [3.63, 3.8) is 0 Å². The summed E-state index contributed by atoms with van der Waals surface area (Å²) in [7, 11) is -4.13. The fourth-order valence-electron chi connectivity index (χ4n) is 3.91. The summed E-state index contributed by atoms with van der Waals surface area (Å²) in [5, 5.41) is 3.34. The van der Waals surface area contributed by atoms with Crippen molar-refractivity contribution in [2.24, 2.45) is 0 Å². The predicted molar refractivity (Wildman–Crippen MR) is 156 cm³/mol. The molecule has 0 spiro atoms. The Morgan fingerprint density at radius 3 is 1.95 bits per heavy atom. The number of rotatable bonds is 11. The van der Waals surface area contributed by atoms with Crippen LogP contribution in [0.3, 0.4) is 0 Å².